The van der Waals surface area contributed by atoms with Crippen molar-refractivity contribution in [3.05, 3.63) is 29.8 Å². The van der Waals surface area contributed by atoms with Crippen molar-refractivity contribution < 1.29 is 9.47 Å². The fourth-order valence-corrected chi connectivity index (χ4v) is 1.80. The molecule has 0 spiro atoms. The van der Waals surface area contributed by atoms with E-state index in [2.05, 4.69) is 21.8 Å². The van der Waals surface area contributed by atoms with Crippen LogP contribution >= 0.6 is 12.2 Å². The molecule has 1 atom stereocenters. The van der Waals surface area contributed by atoms with Crippen LogP contribution in [0.2, 0.25) is 0 Å². The van der Waals surface area contributed by atoms with Crippen LogP contribution < -0.4 is 15.5 Å². The van der Waals surface area contributed by atoms with Crippen LogP contribution in [0.5, 0.6) is 5.75 Å². The van der Waals surface area contributed by atoms with Gasteiger partial charge in [-0.3, -0.25) is 5.43 Å². The average molecular weight is 305 g/mol. The van der Waals surface area contributed by atoms with Crippen molar-refractivity contribution in [2.45, 2.75) is 13.0 Å². The lowest BCUT2D eigenvalue weighted by molar-refractivity contribution is 0.179. The van der Waals surface area contributed by atoms with E-state index in [1.54, 1.807) is 13.3 Å². The van der Waals surface area contributed by atoms with E-state index in [0.717, 1.165) is 5.56 Å². The number of hydrazone groups is 1. The van der Waals surface area contributed by atoms with E-state index in [1.165, 1.54) is 0 Å². The van der Waals surface area contributed by atoms with E-state index < -0.39 is 0 Å². The summed E-state index contributed by atoms with van der Waals surface area (Å²) in [4.78, 5) is 0. The van der Waals surface area contributed by atoms with Crippen molar-refractivity contribution in [3.8, 4) is 18.1 Å². The van der Waals surface area contributed by atoms with E-state index in [0.29, 0.717) is 17.5 Å². The monoisotopic (exact) mass is 305 g/mol. The molecular weight excluding hydrogens is 286 g/mol. The number of terminal acetylenes is 1. The summed E-state index contributed by atoms with van der Waals surface area (Å²) < 4.78 is 10.4. The summed E-state index contributed by atoms with van der Waals surface area (Å²) in [6, 6.07) is 7.57. The Hall–Kier alpha value is -2.10. The summed E-state index contributed by atoms with van der Waals surface area (Å²) in [5.41, 5.74) is 3.56. The van der Waals surface area contributed by atoms with Gasteiger partial charge in [0, 0.05) is 18.7 Å². The molecule has 0 bridgehead atoms. The number of hydrogen-bond donors (Lipinski definition) is 2. The Balaban J connectivity index is 2.53. The number of rotatable bonds is 7. The second kappa shape index (κ2) is 9.75. The first kappa shape index (κ1) is 17.0. The second-order valence-corrected chi connectivity index (χ2v) is 4.64. The first-order valence-electron chi connectivity index (χ1n) is 6.41. The Morgan fingerprint density at radius 3 is 3.00 bits per heavy atom. The van der Waals surface area contributed by atoms with Gasteiger partial charge in [-0.15, -0.1) is 6.42 Å². The lowest BCUT2D eigenvalue weighted by Gasteiger charge is -2.13. The predicted octanol–water partition coefficient (Wildman–Crippen LogP) is 1.53. The molecule has 2 N–H and O–H groups in total. The topological polar surface area (TPSA) is 54.9 Å². The van der Waals surface area contributed by atoms with Gasteiger partial charge in [-0.2, -0.15) is 5.10 Å². The molecule has 112 valence electrons. The van der Waals surface area contributed by atoms with Crippen LogP contribution in [0.1, 0.15) is 12.5 Å². The smallest absolute Gasteiger partial charge is 0.187 e. The molecule has 5 nitrogen and oxygen atoms in total. The molecule has 0 aliphatic heterocycles. The Labute approximate surface area is 130 Å². The van der Waals surface area contributed by atoms with E-state index >= 15 is 0 Å². The molecule has 1 aromatic carbocycles. The van der Waals surface area contributed by atoms with Gasteiger partial charge in [0.25, 0.3) is 0 Å². The highest BCUT2D eigenvalue weighted by atomic mass is 32.1. The van der Waals surface area contributed by atoms with Gasteiger partial charge in [0.1, 0.15) is 12.4 Å². The minimum absolute atomic E-state index is 0.108. The quantitative estimate of drug-likeness (QED) is 0.346. The molecule has 0 fully saturated rings. The third-order valence-corrected chi connectivity index (χ3v) is 2.60. The summed E-state index contributed by atoms with van der Waals surface area (Å²) in [5, 5.41) is 7.54. The molecule has 0 unspecified atom stereocenters. The van der Waals surface area contributed by atoms with Crippen molar-refractivity contribution in [2.75, 3.05) is 20.3 Å². The van der Waals surface area contributed by atoms with Gasteiger partial charge >= 0.3 is 0 Å². The molecule has 0 radical (unpaired) electrons. The predicted molar refractivity (Wildman–Crippen MR) is 88.6 cm³/mol. The third-order valence-electron chi connectivity index (χ3n) is 2.39. The largest absolute Gasteiger partial charge is 0.480 e. The van der Waals surface area contributed by atoms with Crippen LogP contribution in [-0.4, -0.2) is 37.7 Å². The molecule has 6 heteroatoms. The molecule has 0 aliphatic rings. The van der Waals surface area contributed by atoms with E-state index in [4.69, 9.17) is 28.1 Å². The fraction of sp³-hybridized carbons (Fsp3) is 0.333. The number of ether oxygens (including phenoxy) is 2. The zero-order valence-electron chi connectivity index (χ0n) is 12.1. The SMILES string of the molecule is C#CCOc1ccccc1/C=N\NC(=S)N[C@H](C)COC. The highest BCUT2D eigenvalue weighted by Crippen LogP contribution is 2.15. The van der Waals surface area contributed by atoms with E-state index in [1.807, 2.05) is 31.2 Å². The van der Waals surface area contributed by atoms with Crippen LogP contribution in [0.3, 0.4) is 0 Å². The van der Waals surface area contributed by atoms with Crippen molar-refractivity contribution in [1.82, 2.24) is 10.7 Å². The molecule has 1 aromatic rings. The summed E-state index contributed by atoms with van der Waals surface area (Å²) >= 11 is 5.11. The number of hydrogen-bond acceptors (Lipinski definition) is 4. The molecule has 21 heavy (non-hydrogen) atoms. The number of nitrogens with one attached hydrogen (secondary N) is 2. The molecular formula is C15H19N3O2S. The molecule has 0 amide bonds. The summed E-state index contributed by atoms with van der Waals surface area (Å²) in [5.74, 6) is 3.10. The molecule has 0 saturated carbocycles. The number of para-hydroxylation sites is 1. The van der Waals surface area contributed by atoms with Crippen molar-refractivity contribution >= 4 is 23.5 Å². The molecule has 0 aromatic heterocycles. The number of thiocarbonyl (C=S) groups is 1. The Morgan fingerprint density at radius 2 is 2.29 bits per heavy atom. The zero-order chi connectivity index (χ0) is 15.5. The minimum atomic E-state index is 0.108. The molecule has 0 aliphatic carbocycles. The normalized spacial score (nSPS) is 11.7. The highest BCUT2D eigenvalue weighted by Gasteiger charge is 2.02. The van der Waals surface area contributed by atoms with Crippen LogP contribution in [0.4, 0.5) is 0 Å². The summed E-state index contributed by atoms with van der Waals surface area (Å²) in [6.07, 6.45) is 6.81. The maximum atomic E-state index is 5.42. The Kier molecular flexibility index (Phi) is 7.87. The van der Waals surface area contributed by atoms with E-state index in [9.17, 15) is 0 Å². The number of nitrogens with zero attached hydrogens (tertiary/aromatic N) is 1. The van der Waals surface area contributed by atoms with Crippen LogP contribution in [-0.2, 0) is 4.74 Å². The summed E-state index contributed by atoms with van der Waals surface area (Å²) in [7, 11) is 1.64. The Morgan fingerprint density at radius 1 is 1.52 bits per heavy atom. The van der Waals surface area contributed by atoms with Crippen LogP contribution in [0.15, 0.2) is 29.4 Å². The van der Waals surface area contributed by atoms with Crippen molar-refractivity contribution in [1.29, 1.82) is 0 Å². The first-order valence-corrected chi connectivity index (χ1v) is 6.82. The zero-order valence-corrected chi connectivity index (χ0v) is 12.9. The van der Waals surface area contributed by atoms with Gasteiger partial charge in [-0.05, 0) is 31.3 Å². The highest BCUT2D eigenvalue weighted by molar-refractivity contribution is 7.80. The molecule has 0 heterocycles. The number of benzene rings is 1. The number of methoxy groups -OCH3 is 1. The van der Waals surface area contributed by atoms with Gasteiger partial charge in [-0.25, -0.2) is 0 Å². The fourth-order valence-electron chi connectivity index (χ4n) is 1.55. The molecule has 0 saturated heterocycles. The van der Waals surface area contributed by atoms with Gasteiger partial charge in [0.2, 0.25) is 0 Å². The van der Waals surface area contributed by atoms with Crippen molar-refractivity contribution in [2.24, 2.45) is 5.10 Å². The van der Waals surface area contributed by atoms with E-state index in [-0.39, 0.29) is 12.6 Å². The maximum Gasteiger partial charge on any atom is 0.187 e. The average Bonchev–Trinajstić information content (AvgIpc) is 2.46. The Bertz CT molecular complexity index is 526. The van der Waals surface area contributed by atoms with Gasteiger partial charge in [-0.1, -0.05) is 18.1 Å². The third kappa shape index (κ3) is 6.75. The molecule has 1 rings (SSSR count). The first-order chi connectivity index (χ1) is 10.2. The van der Waals surface area contributed by atoms with Crippen LogP contribution in [0.25, 0.3) is 0 Å². The van der Waals surface area contributed by atoms with Crippen LogP contribution in [0, 0.1) is 12.3 Å². The van der Waals surface area contributed by atoms with Gasteiger partial charge in [0.15, 0.2) is 5.11 Å². The summed E-state index contributed by atoms with van der Waals surface area (Å²) in [6.45, 7) is 2.74. The lowest BCUT2D eigenvalue weighted by Crippen LogP contribution is -2.40. The van der Waals surface area contributed by atoms with Gasteiger partial charge < -0.3 is 14.8 Å². The maximum absolute atomic E-state index is 5.42. The lowest BCUT2D eigenvalue weighted by atomic mass is 10.2. The standard InChI is InChI=1S/C15H19N3O2S/c1-4-9-20-14-8-6-5-7-13(14)10-16-18-15(21)17-12(2)11-19-3/h1,5-8,10,12H,9,11H2,2-3H3,(H2,17,18,21)/b16-10-/t12-/m1/s1. The second-order valence-electron chi connectivity index (χ2n) is 4.23. The van der Waals surface area contributed by atoms with Gasteiger partial charge in [0.05, 0.1) is 12.8 Å². The van der Waals surface area contributed by atoms with Crippen molar-refractivity contribution in [3.63, 3.8) is 0 Å². The minimum Gasteiger partial charge on any atom is -0.480 e.